The Morgan fingerprint density at radius 1 is 1.06 bits per heavy atom. The molecule has 0 fully saturated rings. The van der Waals surface area contributed by atoms with Gasteiger partial charge in [-0.25, -0.2) is 18.7 Å². The number of hydrogen-bond donors (Lipinski definition) is 1. The second-order valence-corrected chi connectivity index (χ2v) is 3.35. The highest BCUT2D eigenvalue weighted by atomic mass is 19.2. The first kappa shape index (κ1) is 10.5. The zero-order valence-electron chi connectivity index (χ0n) is 8.54. The molecule has 0 bridgehead atoms. The molecule has 0 saturated carbocycles. The molecule has 5 heteroatoms. The van der Waals surface area contributed by atoms with E-state index in [1.165, 1.54) is 12.1 Å². The van der Waals surface area contributed by atoms with Gasteiger partial charge in [0.15, 0.2) is 11.6 Å². The maximum atomic E-state index is 13.0. The van der Waals surface area contributed by atoms with Gasteiger partial charge in [0.25, 0.3) is 0 Å². The van der Waals surface area contributed by atoms with E-state index in [9.17, 15) is 8.78 Å². The standard InChI is InChI=1S/C11H9F2N3/c1-6-15-10(5-11(14)16-6)7-2-3-8(12)9(13)4-7/h2-5H,1H3,(H2,14,15,16). The maximum Gasteiger partial charge on any atom is 0.159 e. The van der Waals surface area contributed by atoms with Gasteiger partial charge >= 0.3 is 0 Å². The van der Waals surface area contributed by atoms with Gasteiger partial charge in [-0.05, 0) is 25.1 Å². The Hall–Kier alpha value is -2.04. The van der Waals surface area contributed by atoms with Crippen LogP contribution >= 0.6 is 0 Å². The molecule has 0 atom stereocenters. The molecule has 0 unspecified atom stereocenters. The number of aromatic nitrogens is 2. The van der Waals surface area contributed by atoms with Crippen LogP contribution in [0.25, 0.3) is 11.3 Å². The molecule has 1 heterocycles. The fourth-order valence-electron chi connectivity index (χ4n) is 1.39. The summed E-state index contributed by atoms with van der Waals surface area (Å²) in [6, 6.07) is 5.09. The molecule has 2 N–H and O–H groups in total. The van der Waals surface area contributed by atoms with E-state index in [4.69, 9.17) is 5.73 Å². The summed E-state index contributed by atoms with van der Waals surface area (Å²) in [5.74, 6) is -1.01. The Balaban J connectivity index is 2.54. The first-order valence-electron chi connectivity index (χ1n) is 4.63. The molecule has 1 aromatic heterocycles. The van der Waals surface area contributed by atoms with E-state index in [1.54, 1.807) is 6.92 Å². The summed E-state index contributed by atoms with van der Waals surface area (Å²) in [5.41, 5.74) is 6.49. The highest BCUT2D eigenvalue weighted by Crippen LogP contribution is 2.20. The van der Waals surface area contributed by atoms with Crippen LogP contribution in [0.3, 0.4) is 0 Å². The molecular formula is C11H9F2N3. The van der Waals surface area contributed by atoms with Gasteiger partial charge in [-0.1, -0.05) is 0 Å². The molecule has 0 aliphatic carbocycles. The van der Waals surface area contributed by atoms with Crippen molar-refractivity contribution in [2.45, 2.75) is 6.92 Å². The molecule has 2 aromatic rings. The third-order valence-corrected chi connectivity index (χ3v) is 2.07. The van der Waals surface area contributed by atoms with Crippen molar-refractivity contribution >= 4 is 5.82 Å². The molecule has 2 rings (SSSR count). The third kappa shape index (κ3) is 1.98. The number of anilines is 1. The summed E-state index contributed by atoms with van der Waals surface area (Å²) >= 11 is 0. The zero-order valence-corrected chi connectivity index (χ0v) is 8.54. The van der Waals surface area contributed by atoms with Gasteiger partial charge in [-0.3, -0.25) is 0 Å². The van der Waals surface area contributed by atoms with Gasteiger partial charge in [0.05, 0.1) is 5.69 Å². The predicted molar refractivity (Wildman–Crippen MR) is 56.5 cm³/mol. The quantitative estimate of drug-likeness (QED) is 0.803. The lowest BCUT2D eigenvalue weighted by atomic mass is 10.1. The number of halogens is 2. The molecule has 0 saturated heterocycles. The lowest BCUT2D eigenvalue weighted by Gasteiger charge is -2.03. The van der Waals surface area contributed by atoms with E-state index in [-0.39, 0.29) is 0 Å². The summed E-state index contributed by atoms with van der Waals surface area (Å²) in [7, 11) is 0. The monoisotopic (exact) mass is 221 g/mol. The molecule has 0 aliphatic rings. The molecule has 0 radical (unpaired) electrons. The lowest BCUT2D eigenvalue weighted by molar-refractivity contribution is 0.509. The van der Waals surface area contributed by atoms with E-state index < -0.39 is 11.6 Å². The molecule has 0 aliphatic heterocycles. The van der Waals surface area contributed by atoms with Crippen LogP contribution in [0.1, 0.15) is 5.82 Å². The predicted octanol–water partition coefficient (Wildman–Crippen LogP) is 2.31. The van der Waals surface area contributed by atoms with Crippen LogP contribution in [0.5, 0.6) is 0 Å². The number of nitrogens with two attached hydrogens (primary N) is 1. The van der Waals surface area contributed by atoms with Crippen LogP contribution in [-0.2, 0) is 0 Å². The fraction of sp³-hybridized carbons (Fsp3) is 0.0909. The van der Waals surface area contributed by atoms with Crippen molar-refractivity contribution in [2.75, 3.05) is 5.73 Å². The number of nitrogen functional groups attached to an aromatic ring is 1. The molecular weight excluding hydrogens is 212 g/mol. The van der Waals surface area contributed by atoms with Crippen LogP contribution in [0.4, 0.5) is 14.6 Å². The van der Waals surface area contributed by atoms with E-state index in [1.807, 2.05) is 0 Å². The van der Waals surface area contributed by atoms with Crippen molar-refractivity contribution in [3.8, 4) is 11.3 Å². The minimum Gasteiger partial charge on any atom is -0.384 e. The second kappa shape index (κ2) is 3.84. The topological polar surface area (TPSA) is 51.8 Å². The van der Waals surface area contributed by atoms with Crippen molar-refractivity contribution in [1.29, 1.82) is 0 Å². The Bertz CT molecular complexity index is 520. The smallest absolute Gasteiger partial charge is 0.159 e. The number of aryl methyl sites for hydroxylation is 1. The molecule has 82 valence electrons. The van der Waals surface area contributed by atoms with Crippen molar-refractivity contribution < 1.29 is 8.78 Å². The van der Waals surface area contributed by atoms with Crippen molar-refractivity contribution in [2.24, 2.45) is 0 Å². The van der Waals surface area contributed by atoms with Gasteiger partial charge < -0.3 is 5.73 Å². The second-order valence-electron chi connectivity index (χ2n) is 3.35. The Morgan fingerprint density at radius 2 is 1.81 bits per heavy atom. The highest BCUT2D eigenvalue weighted by molar-refractivity contribution is 5.61. The van der Waals surface area contributed by atoms with Gasteiger partial charge in [-0.15, -0.1) is 0 Å². The maximum absolute atomic E-state index is 13.0. The van der Waals surface area contributed by atoms with Crippen LogP contribution in [0, 0.1) is 18.6 Å². The summed E-state index contributed by atoms with van der Waals surface area (Å²) < 4.78 is 25.8. The van der Waals surface area contributed by atoms with E-state index in [0.29, 0.717) is 22.9 Å². The summed E-state index contributed by atoms with van der Waals surface area (Å²) in [4.78, 5) is 7.99. The number of benzene rings is 1. The van der Waals surface area contributed by atoms with Crippen LogP contribution in [0.2, 0.25) is 0 Å². The lowest BCUT2D eigenvalue weighted by Crippen LogP contribution is -1.97. The Kier molecular flexibility index (Phi) is 2.52. The Labute approximate surface area is 91.0 Å². The van der Waals surface area contributed by atoms with E-state index in [0.717, 1.165) is 12.1 Å². The number of hydrogen-bond acceptors (Lipinski definition) is 3. The van der Waals surface area contributed by atoms with Crippen LogP contribution in [0.15, 0.2) is 24.3 Å². The number of rotatable bonds is 1. The van der Waals surface area contributed by atoms with Gasteiger partial charge in [-0.2, -0.15) is 0 Å². The van der Waals surface area contributed by atoms with Crippen LogP contribution < -0.4 is 5.73 Å². The van der Waals surface area contributed by atoms with Gasteiger partial charge in [0, 0.05) is 11.6 Å². The molecule has 16 heavy (non-hydrogen) atoms. The van der Waals surface area contributed by atoms with Crippen molar-refractivity contribution in [1.82, 2.24) is 9.97 Å². The first-order chi connectivity index (χ1) is 7.56. The Morgan fingerprint density at radius 3 is 2.44 bits per heavy atom. The fourth-order valence-corrected chi connectivity index (χ4v) is 1.39. The van der Waals surface area contributed by atoms with E-state index in [2.05, 4.69) is 9.97 Å². The summed E-state index contributed by atoms with van der Waals surface area (Å²) in [6.45, 7) is 1.68. The third-order valence-electron chi connectivity index (χ3n) is 2.07. The zero-order chi connectivity index (χ0) is 11.7. The van der Waals surface area contributed by atoms with E-state index >= 15 is 0 Å². The normalized spacial score (nSPS) is 10.4. The average molecular weight is 221 g/mol. The van der Waals surface area contributed by atoms with Gasteiger partial charge in [0.2, 0.25) is 0 Å². The molecule has 3 nitrogen and oxygen atoms in total. The molecule has 0 amide bonds. The molecule has 1 aromatic carbocycles. The highest BCUT2D eigenvalue weighted by Gasteiger charge is 2.07. The SMILES string of the molecule is Cc1nc(N)cc(-c2ccc(F)c(F)c2)n1. The molecule has 0 spiro atoms. The minimum atomic E-state index is -0.910. The average Bonchev–Trinajstić information content (AvgIpc) is 2.20. The van der Waals surface area contributed by atoms with Crippen molar-refractivity contribution in [3.05, 3.63) is 41.7 Å². The number of nitrogens with zero attached hydrogens (tertiary/aromatic N) is 2. The largest absolute Gasteiger partial charge is 0.384 e. The van der Waals surface area contributed by atoms with Gasteiger partial charge in [0.1, 0.15) is 11.6 Å². The summed E-state index contributed by atoms with van der Waals surface area (Å²) in [5, 5.41) is 0. The van der Waals surface area contributed by atoms with Crippen LogP contribution in [-0.4, -0.2) is 9.97 Å². The van der Waals surface area contributed by atoms with Crippen molar-refractivity contribution in [3.63, 3.8) is 0 Å². The minimum absolute atomic E-state index is 0.298. The first-order valence-corrected chi connectivity index (χ1v) is 4.63. The summed E-state index contributed by atoms with van der Waals surface area (Å²) in [6.07, 6.45) is 0.